The first-order chi connectivity index (χ1) is 13.2. The number of hydrogen-bond acceptors (Lipinski definition) is 5. The lowest BCUT2D eigenvalue weighted by Crippen LogP contribution is -2.42. The van der Waals surface area contributed by atoms with Crippen molar-refractivity contribution in [1.29, 1.82) is 0 Å². The highest BCUT2D eigenvalue weighted by Gasteiger charge is 2.33. The van der Waals surface area contributed by atoms with Gasteiger partial charge in [-0.05, 0) is 51.0 Å². The fourth-order valence-corrected chi connectivity index (χ4v) is 4.16. The first-order valence-corrected chi connectivity index (χ1v) is 10.2. The SMILES string of the molecule is O=C(C1CC(c2ccc(CO)c(OC3CCCC3)c2)=NO1)N1CCCCC1. The van der Waals surface area contributed by atoms with Crippen LogP contribution in [0.4, 0.5) is 0 Å². The minimum Gasteiger partial charge on any atom is -0.490 e. The van der Waals surface area contributed by atoms with Gasteiger partial charge in [0.15, 0.2) is 0 Å². The number of amides is 1. The second-order valence-corrected chi connectivity index (χ2v) is 7.73. The molecule has 1 saturated carbocycles. The number of rotatable bonds is 5. The van der Waals surface area contributed by atoms with Crippen molar-refractivity contribution < 1.29 is 19.5 Å². The van der Waals surface area contributed by atoms with Gasteiger partial charge in [0.05, 0.1) is 18.4 Å². The Bertz CT molecular complexity index is 706. The Labute approximate surface area is 160 Å². The molecule has 1 aromatic carbocycles. The van der Waals surface area contributed by atoms with Crippen molar-refractivity contribution in [3.63, 3.8) is 0 Å². The summed E-state index contributed by atoms with van der Waals surface area (Å²) < 4.78 is 6.14. The van der Waals surface area contributed by atoms with Crippen LogP contribution in [0.2, 0.25) is 0 Å². The van der Waals surface area contributed by atoms with Crippen molar-refractivity contribution in [2.75, 3.05) is 13.1 Å². The molecular formula is C21H28N2O4. The highest BCUT2D eigenvalue weighted by molar-refractivity contribution is 6.04. The van der Waals surface area contributed by atoms with E-state index < -0.39 is 6.10 Å². The lowest BCUT2D eigenvalue weighted by atomic mass is 10.0. The number of carbonyl (C=O) groups excluding carboxylic acids is 1. The third-order valence-corrected chi connectivity index (χ3v) is 5.78. The average Bonchev–Trinajstić information content (AvgIpc) is 3.40. The molecule has 1 N–H and O–H groups in total. The number of piperidine rings is 1. The van der Waals surface area contributed by atoms with Crippen molar-refractivity contribution in [2.24, 2.45) is 5.16 Å². The van der Waals surface area contributed by atoms with Gasteiger partial charge >= 0.3 is 0 Å². The van der Waals surface area contributed by atoms with Crippen LogP contribution in [0, 0.1) is 0 Å². The molecule has 6 heteroatoms. The fourth-order valence-electron chi connectivity index (χ4n) is 4.16. The summed E-state index contributed by atoms with van der Waals surface area (Å²) >= 11 is 0. The smallest absolute Gasteiger partial charge is 0.266 e. The van der Waals surface area contributed by atoms with Gasteiger partial charge < -0.3 is 19.6 Å². The zero-order valence-corrected chi connectivity index (χ0v) is 15.7. The topological polar surface area (TPSA) is 71.4 Å². The van der Waals surface area contributed by atoms with E-state index in [4.69, 9.17) is 9.57 Å². The molecule has 146 valence electrons. The molecule has 0 spiro atoms. The minimum atomic E-state index is -0.519. The zero-order chi connectivity index (χ0) is 18.6. The standard InChI is InChI=1S/C21H28N2O4/c24-14-16-9-8-15(12-19(16)26-17-6-2-3-7-17)18-13-20(27-22-18)21(25)23-10-4-1-5-11-23/h8-9,12,17,20,24H,1-7,10-11,13-14H2. The van der Waals surface area contributed by atoms with Crippen molar-refractivity contribution >= 4 is 11.6 Å². The third-order valence-electron chi connectivity index (χ3n) is 5.78. The molecule has 4 rings (SSSR count). The van der Waals surface area contributed by atoms with Crippen LogP contribution >= 0.6 is 0 Å². The second-order valence-electron chi connectivity index (χ2n) is 7.73. The normalized spacial score (nSPS) is 23.2. The number of carbonyl (C=O) groups is 1. The molecule has 0 radical (unpaired) electrons. The highest BCUT2D eigenvalue weighted by atomic mass is 16.6. The predicted molar refractivity (Wildman–Crippen MR) is 102 cm³/mol. The van der Waals surface area contributed by atoms with E-state index in [0.717, 1.165) is 61.4 Å². The Kier molecular flexibility index (Phi) is 5.62. The number of ether oxygens (including phenoxy) is 1. The number of aliphatic hydroxyl groups is 1. The van der Waals surface area contributed by atoms with Gasteiger partial charge in [0, 0.05) is 30.6 Å². The van der Waals surface area contributed by atoms with Crippen LogP contribution in [0.5, 0.6) is 5.75 Å². The lowest BCUT2D eigenvalue weighted by Gasteiger charge is -2.28. The molecule has 0 bridgehead atoms. The molecule has 2 aliphatic heterocycles. The van der Waals surface area contributed by atoms with Crippen molar-refractivity contribution in [1.82, 2.24) is 4.90 Å². The molecule has 1 unspecified atom stereocenters. The Morgan fingerprint density at radius 2 is 1.96 bits per heavy atom. The molecule has 1 aliphatic carbocycles. The van der Waals surface area contributed by atoms with E-state index >= 15 is 0 Å². The van der Waals surface area contributed by atoms with E-state index in [9.17, 15) is 9.90 Å². The van der Waals surface area contributed by atoms with Gasteiger partial charge in [-0.2, -0.15) is 0 Å². The first-order valence-electron chi connectivity index (χ1n) is 10.2. The zero-order valence-electron chi connectivity index (χ0n) is 15.7. The molecule has 1 amide bonds. The molecule has 0 aromatic heterocycles. The van der Waals surface area contributed by atoms with E-state index in [-0.39, 0.29) is 18.6 Å². The van der Waals surface area contributed by atoms with Crippen LogP contribution in [-0.2, 0) is 16.2 Å². The molecule has 1 aromatic rings. The van der Waals surface area contributed by atoms with E-state index in [1.165, 1.54) is 19.3 Å². The highest BCUT2D eigenvalue weighted by Crippen LogP contribution is 2.29. The summed E-state index contributed by atoms with van der Waals surface area (Å²) in [6.45, 7) is 1.58. The van der Waals surface area contributed by atoms with E-state index in [1.54, 1.807) is 0 Å². The van der Waals surface area contributed by atoms with Crippen LogP contribution < -0.4 is 4.74 Å². The minimum absolute atomic E-state index is 0.0443. The maximum Gasteiger partial charge on any atom is 0.266 e. The van der Waals surface area contributed by atoms with Gasteiger partial charge in [-0.15, -0.1) is 0 Å². The summed E-state index contributed by atoms with van der Waals surface area (Å²) in [5.74, 6) is 0.762. The second kappa shape index (κ2) is 8.30. The molecule has 6 nitrogen and oxygen atoms in total. The quantitative estimate of drug-likeness (QED) is 0.862. The molecule has 2 heterocycles. The summed E-state index contributed by atoms with van der Waals surface area (Å²) in [7, 11) is 0. The number of benzene rings is 1. The molecule has 1 atom stereocenters. The van der Waals surface area contributed by atoms with E-state index in [1.807, 2.05) is 23.1 Å². The number of aliphatic hydroxyl groups excluding tert-OH is 1. The molecule has 3 aliphatic rings. The van der Waals surface area contributed by atoms with Gasteiger partial charge in [-0.25, -0.2) is 0 Å². The lowest BCUT2D eigenvalue weighted by molar-refractivity contribution is -0.143. The van der Waals surface area contributed by atoms with Crippen LogP contribution in [0.3, 0.4) is 0 Å². The number of nitrogens with zero attached hydrogens (tertiary/aromatic N) is 2. The van der Waals surface area contributed by atoms with Crippen LogP contribution in [0.15, 0.2) is 23.4 Å². The van der Waals surface area contributed by atoms with Gasteiger partial charge in [0.2, 0.25) is 6.10 Å². The van der Waals surface area contributed by atoms with E-state index in [0.29, 0.717) is 6.42 Å². The number of oxime groups is 1. The van der Waals surface area contributed by atoms with Crippen LogP contribution in [0.25, 0.3) is 0 Å². The summed E-state index contributed by atoms with van der Waals surface area (Å²) in [6.07, 6.45) is 8.02. The Hall–Kier alpha value is -2.08. The molecule has 1 saturated heterocycles. The van der Waals surface area contributed by atoms with Gasteiger partial charge in [0.1, 0.15) is 5.75 Å². The van der Waals surface area contributed by atoms with Crippen LogP contribution in [-0.4, -0.2) is 46.9 Å². The number of likely N-dealkylation sites (tertiary alicyclic amines) is 1. The predicted octanol–water partition coefficient (Wildman–Crippen LogP) is 3.01. The summed E-state index contributed by atoms with van der Waals surface area (Å²) in [5, 5.41) is 13.8. The van der Waals surface area contributed by atoms with Crippen molar-refractivity contribution in [2.45, 2.75) is 70.2 Å². The first kappa shape index (κ1) is 18.3. The van der Waals surface area contributed by atoms with Gasteiger partial charge in [-0.1, -0.05) is 17.3 Å². The third kappa shape index (κ3) is 4.10. The number of hydrogen-bond donors (Lipinski definition) is 1. The van der Waals surface area contributed by atoms with Crippen LogP contribution in [0.1, 0.15) is 62.5 Å². The average molecular weight is 372 g/mol. The molecular weight excluding hydrogens is 344 g/mol. The Morgan fingerprint density at radius 3 is 2.70 bits per heavy atom. The van der Waals surface area contributed by atoms with Gasteiger partial charge in [0.25, 0.3) is 5.91 Å². The largest absolute Gasteiger partial charge is 0.490 e. The van der Waals surface area contributed by atoms with Gasteiger partial charge in [-0.3, -0.25) is 4.79 Å². The maximum atomic E-state index is 12.6. The fraction of sp³-hybridized carbons (Fsp3) is 0.619. The molecule has 2 fully saturated rings. The maximum absolute atomic E-state index is 12.6. The van der Waals surface area contributed by atoms with Crippen molar-refractivity contribution in [3.8, 4) is 5.75 Å². The Morgan fingerprint density at radius 1 is 1.19 bits per heavy atom. The molecule has 27 heavy (non-hydrogen) atoms. The summed E-state index contributed by atoms with van der Waals surface area (Å²) in [6, 6.07) is 5.73. The monoisotopic (exact) mass is 372 g/mol. The Balaban J connectivity index is 1.44. The van der Waals surface area contributed by atoms with Crippen molar-refractivity contribution in [3.05, 3.63) is 29.3 Å². The van der Waals surface area contributed by atoms with E-state index in [2.05, 4.69) is 5.16 Å². The summed E-state index contributed by atoms with van der Waals surface area (Å²) in [5.41, 5.74) is 2.45. The summed E-state index contributed by atoms with van der Waals surface area (Å²) in [4.78, 5) is 20.0.